The van der Waals surface area contributed by atoms with Crippen LogP contribution in [0.3, 0.4) is 0 Å². The maximum absolute atomic E-state index is 3.67. The number of aryl methyl sites for hydroxylation is 1. The van der Waals surface area contributed by atoms with Gasteiger partial charge >= 0.3 is 0 Å². The van der Waals surface area contributed by atoms with E-state index >= 15 is 0 Å². The van der Waals surface area contributed by atoms with Gasteiger partial charge in [0.05, 0.1) is 0 Å². The van der Waals surface area contributed by atoms with Crippen LogP contribution in [0.1, 0.15) is 46.1 Å². The molecule has 0 radical (unpaired) electrons. The lowest BCUT2D eigenvalue weighted by atomic mass is 9.95. The summed E-state index contributed by atoms with van der Waals surface area (Å²) in [5.41, 5.74) is 3.15. The summed E-state index contributed by atoms with van der Waals surface area (Å²) < 4.78 is 0. The lowest BCUT2D eigenvalue weighted by molar-refractivity contribution is 0.306. The molecule has 1 aliphatic rings. The van der Waals surface area contributed by atoms with Gasteiger partial charge in [-0.1, -0.05) is 38.5 Å². The molecule has 106 valence electrons. The van der Waals surface area contributed by atoms with Gasteiger partial charge in [-0.05, 0) is 38.3 Å². The summed E-state index contributed by atoms with van der Waals surface area (Å²) in [5, 5.41) is 3.67. The van der Waals surface area contributed by atoms with E-state index in [4.69, 9.17) is 0 Å². The number of hydrogen-bond donors (Lipinski definition) is 1. The Morgan fingerprint density at radius 1 is 1.26 bits per heavy atom. The summed E-state index contributed by atoms with van der Waals surface area (Å²) in [6, 6.07) is 9.56. The van der Waals surface area contributed by atoms with Crippen molar-refractivity contribution >= 4 is 5.69 Å². The van der Waals surface area contributed by atoms with Crippen molar-refractivity contribution in [2.75, 3.05) is 18.0 Å². The molecule has 1 atom stereocenters. The van der Waals surface area contributed by atoms with E-state index < -0.39 is 0 Å². The zero-order valence-corrected chi connectivity index (χ0v) is 12.9. The van der Waals surface area contributed by atoms with Crippen LogP contribution in [0.5, 0.6) is 0 Å². The Balaban J connectivity index is 2.31. The normalized spacial score (nSPS) is 22.5. The molecule has 1 heterocycles. The zero-order chi connectivity index (χ0) is 13.9. The van der Waals surface area contributed by atoms with Gasteiger partial charge in [-0.15, -0.1) is 0 Å². The Morgan fingerprint density at radius 3 is 2.68 bits per heavy atom. The molecular formula is C17H28N2. The fraction of sp³-hybridized carbons (Fsp3) is 0.647. The van der Waals surface area contributed by atoms with Gasteiger partial charge in [0.2, 0.25) is 0 Å². The second kappa shape index (κ2) is 5.96. The Morgan fingerprint density at radius 2 is 2.00 bits per heavy atom. The van der Waals surface area contributed by atoms with E-state index in [0.717, 1.165) is 13.1 Å². The van der Waals surface area contributed by atoms with Crippen LogP contribution in [0.15, 0.2) is 24.3 Å². The third-order valence-electron chi connectivity index (χ3n) is 4.11. The van der Waals surface area contributed by atoms with Crippen LogP contribution in [0.25, 0.3) is 0 Å². The van der Waals surface area contributed by atoms with E-state index in [-0.39, 0.29) is 5.54 Å². The zero-order valence-electron chi connectivity index (χ0n) is 12.9. The molecule has 0 aliphatic carbocycles. The topological polar surface area (TPSA) is 15.3 Å². The molecule has 0 amide bonds. The molecule has 1 aromatic carbocycles. The number of piperazine rings is 1. The summed E-state index contributed by atoms with van der Waals surface area (Å²) in [6.45, 7) is 11.3. The number of para-hydroxylation sites is 1. The molecule has 2 rings (SSSR count). The fourth-order valence-electron chi connectivity index (χ4n) is 3.03. The van der Waals surface area contributed by atoms with Crippen molar-refractivity contribution in [2.45, 2.75) is 58.5 Å². The van der Waals surface area contributed by atoms with Crippen LogP contribution in [0, 0.1) is 0 Å². The van der Waals surface area contributed by atoms with Crippen molar-refractivity contribution in [3.8, 4) is 0 Å². The number of nitrogens with zero attached hydrogens (tertiary/aromatic N) is 1. The highest BCUT2D eigenvalue weighted by atomic mass is 15.3. The van der Waals surface area contributed by atoms with Gasteiger partial charge in [-0.3, -0.25) is 0 Å². The highest BCUT2D eigenvalue weighted by Crippen LogP contribution is 2.28. The Kier molecular flexibility index (Phi) is 4.51. The van der Waals surface area contributed by atoms with Crippen LogP contribution in [-0.4, -0.2) is 24.7 Å². The van der Waals surface area contributed by atoms with Gasteiger partial charge < -0.3 is 10.2 Å². The molecule has 2 nitrogen and oxygen atoms in total. The molecule has 1 unspecified atom stereocenters. The van der Waals surface area contributed by atoms with Crippen molar-refractivity contribution in [3.63, 3.8) is 0 Å². The lowest BCUT2D eigenvalue weighted by Crippen LogP contribution is -2.61. The molecule has 2 heteroatoms. The summed E-state index contributed by atoms with van der Waals surface area (Å²) in [7, 11) is 0. The molecule has 0 bridgehead atoms. The van der Waals surface area contributed by atoms with Crippen molar-refractivity contribution in [3.05, 3.63) is 29.8 Å². The highest BCUT2D eigenvalue weighted by Gasteiger charge is 2.32. The fourth-order valence-corrected chi connectivity index (χ4v) is 3.03. The number of nitrogens with one attached hydrogen (secondary N) is 1. The predicted octanol–water partition coefficient (Wildman–Crippen LogP) is 3.61. The maximum Gasteiger partial charge on any atom is 0.0413 e. The molecule has 1 saturated heterocycles. The molecule has 1 N–H and O–H groups in total. The SMILES string of the molecule is CCCc1ccccc1N1CC(C)(C)NCC1CC. The first-order chi connectivity index (χ1) is 9.07. The van der Waals surface area contributed by atoms with Crippen LogP contribution >= 0.6 is 0 Å². The summed E-state index contributed by atoms with van der Waals surface area (Å²) >= 11 is 0. The molecule has 19 heavy (non-hydrogen) atoms. The van der Waals surface area contributed by atoms with Crippen molar-refractivity contribution in [1.29, 1.82) is 0 Å². The summed E-state index contributed by atoms with van der Waals surface area (Å²) in [6.07, 6.45) is 3.59. The minimum Gasteiger partial charge on any atom is -0.365 e. The Bertz CT molecular complexity index is 411. The lowest BCUT2D eigenvalue weighted by Gasteiger charge is -2.46. The molecule has 0 spiro atoms. The largest absolute Gasteiger partial charge is 0.365 e. The smallest absolute Gasteiger partial charge is 0.0413 e. The third kappa shape index (κ3) is 3.30. The van der Waals surface area contributed by atoms with E-state index in [1.165, 1.54) is 30.5 Å². The Labute approximate surface area is 118 Å². The second-order valence-corrected chi connectivity index (χ2v) is 6.33. The quantitative estimate of drug-likeness (QED) is 0.889. The van der Waals surface area contributed by atoms with Crippen LogP contribution < -0.4 is 10.2 Å². The average Bonchev–Trinajstić information content (AvgIpc) is 2.39. The summed E-state index contributed by atoms with van der Waals surface area (Å²) in [5.74, 6) is 0. The maximum atomic E-state index is 3.67. The standard InChI is InChI=1S/C17H28N2/c1-5-9-14-10-7-8-11-16(14)19-13-17(3,4)18-12-15(19)6-2/h7-8,10-11,15,18H,5-6,9,12-13H2,1-4H3. The second-order valence-electron chi connectivity index (χ2n) is 6.33. The first kappa shape index (κ1) is 14.4. The molecule has 1 aliphatic heterocycles. The third-order valence-corrected chi connectivity index (χ3v) is 4.11. The predicted molar refractivity (Wildman–Crippen MR) is 83.9 cm³/mol. The number of benzene rings is 1. The Hall–Kier alpha value is -1.02. The monoisotopic (exact) mass is 260 g/mol. The van der Waals surface area contributed by atoms with Gasteiger partial charge in [0.15, 0.2) is 0 Å². The minimum atomic E-state index is 0.199. The molecule has 0 aromatic heterocycles. The first-order valence-corrected chi connectivity index (χ1v) is 7.67. The molecule has 0 saturated carbocycles. The van der Waals surface area contributed by atoms with Crippen LogP contribution in [0.4, 0.5) is 5.69 Å². The average molecular weight is 260 g/mol. The van der Waals surface area contributed by atoms with Crippen LogP contribution in [0.2, 0.25) is 0 Å². The number of rotatable bonds is 4. The molecule has 1 fully saturated rings. The highest BCUT2D eigenvalue weighted by molar-refractivity contribution is 5.55. The minimum absolute atomic E-state index is 0.199. The van der Waals surface area contributed by atoms with Gasteiger partial charge in [0.25, 0.3) is 0 Å². The van der Waals surface area contributed by atoms with E-state index in [2.05, 4.69) is 62.2 Å². The molecular weight excluding hydrogens is 232 g/mol. The van der Waals surface area contributed by atoms with Gasteiger partial charge in [0, 0.05) is 30.4 Å². The van der Waals surface area contributed by atoms with E-state index in [1.54, 1.807) is 0 Å². The van der Waals surface area contributed by atoms with Gasteiger partial charge in [-0.25, -0.2) is 0 Å². The van der Waals surface area contributed by atoms with Gasteiger partial charge in [-0.2, -0.15) is 0 Å². The van der Waals surface area contributed by atoms with Crippen molar-refractivity contribution < 1.29 is 0 Å². The summed E-state index contributed by atoms with van der Waals surface area (Å²) in [4.78, 5) is 2.63. The number of anilines is 1. The number of hydrogen-bond acceptors (Lipinski definition) is 2. The van der Waals surface area contributed by atoms with Crippen molar-refractivity contribution in [1.82, 2.24) is 5.32 Å². The van der Waals surface area contributed by atoms with Crippen molar-refractivity contribution in [2.24, 2.45) is 0 Å². The van der Waals surface area contributed by atoms with Gasteiger partial charge in [0.1, 0.15) is 0 Å². The van der Waals surface area contributed by atoms with E-state index in [0.29, 0.717) is 6.04 Å². The molecule has 1 aromatic rings. The first-order valence-electron chi connectivity index (χ1n) is 7.67. The van der Waals surface area contributed by atoms with Crippen LogP contribution in [-0.2, 0) is 6.42 Å². The van der Waals surface area contributed by atoms with E-state index in [1.807, 2.05) is 0 Å². The van der Waals surface area contributed by atoms with E-state index in [9.17, 15) is 0 Å².